The van der Waals surface area contributed by atoms with Crippen molar-refractivity contribution in [3.8, 4) is 0 Å². The van der Waals surface area contributed by atoms with Crippen molar-refractivity contribution in [3.63, 3.8) is 0 Å². The molecule has 9 heteroatoms. The Morgan fingerprint density at radius 1 is 1.20 bits per heavy atom. The molecule has 0 saturated heterocycles. The van der Waals surface area contributed by atoms with Gasteiger partial charge in [-0.05, 0) is 12.5 Å². The first kappa shape index (κ1) is 19.4. The van der Waals surface area contributed by atoms with Crippen LogP contribution in [-0.2, 0) is 36.3 Å². The van der Waals surface area contributed by atoms with Crippen LogP contribution >= 0.6 is 0 Å². The Bertz CT molecular complexity index is 1390. The number of rotatable bonds is 6. The molecule has 3 aromatic heterocycles. The Kier molecular flexibility index (Phi) is 4.86. The Morgan fingerprint density at radius 2 is 1.93 bits per heavy atom. The summed E-state index contributed by atoms with van der Waals surface area (Å²) in [5.41, 5.74) is 0.977. The fourth-order valence-electron chi connectivity index (χ4n) is 3.46. The number of aromatic nitrogens is 5. The highest BCUT2D eigenvalue weighted by Crippen LogP contribution is 2.16. The van der Waals surface area contributed by atoms with E-state index in [-0.39, 0.29) is 17.8 Å². The predicted octanol–water partition coefficient (Wildman–Crippen LogP) is 1.39. The Morgan fingerprint density at radius 3 is 2.63 bits per heavy atom. The van der Waals surface area contributed by atoms with Crippen LogP contribution in [0.4, 0.5) is 0 Å². The number of hydrogen-bond acceptors (Lipinski definition) is 5. The summed E-state index contributed by atoms with van der Waals surface area (Å²) < 4.78 is 10.9. The Balaban J connectivity index is 1.75. The number of allylic oxidation sites excluding steroid dienone is 1. The molecule has 0 fully saturated rings. The first-order chi connectivity index (χ1) is 14.4. The number of fused-ring (bicyclic) bond motifs is 3. The third kappa shape index (κ3) is 3.14. The minimum Gasteiger partial charge on any atom is -0.459 e. The SMILES string of the molecule is C=CCn1c(C)cn2c3c(=O)n(CC(=O)OCc4ccccc4)c(=O)n(C)c3nc12. The highest BCUT2D eigenvalue weighted by atomic mass is 16.5. The molecular weight excluding hydrogens is 386 g/mol. The first-order valence-electron chi connectivity index (χ1n) is 9.40. The van der Waals surface area contributed by atoms with E-state index in [4.69, 9.17) is 4.74 Å². The van der Waals surface area contributed by atoms with E-state index in [2.05, 4.69) is 11.6 Å². The van der Waals surface area contributed by atoms with Gasteiger partial charge < -0.3 is 9.30 Å². The number of aryl methyl sites for hydroxylation is 2. The van der Waals surface area contributed by atoms with Crippen LogP contribution < -0.4 is 11.2 Å². The van der Waals surface area contributed by atoms with Gasteiger partial charge in [0.15, 0.2) is 11.2 Å². The van der Waals surface area contributed by atoms with E-state index in [1.165, 1.54) is 11.6 Å². The standard InChI is InChI=1S/C21H21N5O4/c1-4-10-24-14(2)11-25-17-18(22-20(24)25)23(3)21(29)26(19(17)28)12-16(27)30-13-15-8-6-5-7-9-15/h4-9,11H,1,10,12-13H2,2-3H3. The van der Waals surface area contributed by atoms with Crippen molar-refractivity contribution < 1.29 is 9.53 Å². The van der Waals surface area contributed by atoms with Crippen LogP contribution in [0, 0.1) is 6.92 Å². The Labute approximate surface area is 171 Å². The first-order valence-corrected chi connectivity index (χ1v) is 9.40. The lowest BCUT2D eigenvalue weighted by atomic mass is 10.2. The summed E-state index contributed by atoms with van der Waals surface area (Å²) in [5, 5.41) is 0. The number of hydrogen-bond donors (Lipinski definition) is 0. The molecule has 3 heterocycles. The topological polar surface area (TPSA) is 92.5 Å². The molecule has 0 bridgehead atoms. The highest BCUT2D eigenvalue weighted by Gasteiger charge is 2.21. The molecule has 1 aromatic carbocycles. The van der Waals surface area contributed by atoms with Crippen LogP contribution in [0.5, 0.6) is 0 Å². The number of imidazole rings is 2. The van der Waals surface area contributed by atoms with Crippen molar-refractivity contribution in [2.24, 2.45) is 7.05 Å². The molecule has 4 rings (SSSR count). The summed E-state index contributed by atoms with van der Waals surface area (Å²) in [6, 6.07) is 9.18. The summed E-state index contributed by atoms with van der Waals surface area (Å²) in [6.45, 7) is 5.74. The molecule has 4 aromatic rings. The normalized spacial score (nSPS) is 11.3. The van der Waals surface area contributed by atoms with Crippen LogP contribution in [0.3, 0.4) is 0 Å². The molecule has 0 N–H and O–H groups in total. The van der Waals surface area contributed by atoms with E-state index < -0.39 is 23.8 Å². The minimum absolute atomic E-state index is 0.0670. The van der Waals surface area contributed by atoms with Gasteiger partial charge in [-0.25, -0.2) is 9.36 Å². The summed E-state index contributed by atoms with van der Waals surface area (Å²) >= 11 is 0. The lowest BCUT2D eigenvalue weighted by Crippen LogP contribution is -2.41. The van der Waals surface area contributed by atoms with Gasteiger partial charge in [-0.3, -0.25) is 18.6 Å². The summed E-state index contributed by atoms with van der Waals surface area (Å²) in [5.74, 6) is -0.141. The average Bonchev–Trinajstić information content (AvgIpc) is 3.25. The molecule has 0 atom stereocenters. The molecule has 0 radical (unpaired) electrons. The molecule has 0 unspecified atom stereocenters. The van der Waals surface area contributed by atoms with Crippen LogP contribution in [0.15, 0.2) is 58.8 Å². The minimum atomic E-state index is -0.668. The second-order valence-corrected chi connectivity index (χ2v) is 7.00. The zero-order valence-electron chi connectivity index (χ0n) is 16.7. The van der Waals surface area contributed by atoms with Crippen molar-refractivity contribution in [1.29, 1.82) is 0 Å². The monoisotopic (exact) mass is 407 g/mol. The molecule has 30 heavy (non-hydrogen) atoms. The maximum Gasteiger partial charge on any atom is 0.333 e. The summed E-state index contributed by atoms with van der Waals surface area (Å²) in [6.07, 6.45) is 3.50. The molecule has 9 nitrogen and oxygen atoms in total. The molecule has 0 saturated carbocycles. The van der Waals surface area contributed by atoms with Gasteiger partial charge >= 0.3 is 11.7 Å². The largest absolute Gasteiger partial charge is 0.459 e. The fourth-order valence-corrected chi connectivity index (χ4v) is 3.46. The predicted molar refractivity (Wildman–Crippen MR) is 111 cm³/mol. The lowest BCUT2D eigenvalue weighted by Gasteiger charge is -2.08. The highest BCUT2D eigenvalue weighted by molar-refractivity contribution is 5.76. The fraction of sp³-hybridized carbons (Fsp3) is 0.238. The molecule has 154 valence electrons. The number of ether oxygens (including phenoxy) is 1. The molecule has 0 aliphatic heterocycles. The molecule has 0 aliphatic carbocycles. The molecule has 0 spiro atoms. The average molecular weight is 407 g/mol. The van der Waals surface area contributed by atoms with Gasteiger partial charge in [0.05, 0.1) is 0 Å². The summed E-state index contributed by atoms with van der Waals surface area (Å²) in [4.78, 5) is 42.7. The van der Waals surface area contributed by atoms with Gasteiger partial charge in [0.2, 0.25) is 5.78 Å². The summed E-state index contributed by atoms with van der Waals surface area (Å²) in [7, 11) is 1.52. The van der Waals surface area contributed by atoms with Crippen LogP contribution in [-0.4, -0.2) is 29.1 Å². The molecular formula is C21H21N5O4. The number of carbonyl (C=O) groups is 1. The van der Waals surface area contributed by atoms with Gasteiger partial charge in [0, 0.05) is 25.5 Å². The third-order valence-corrected chi connectivity index (χ3v) is 4.98. The van der Waals surface area contributed by atoms with E-state index in [9.17, 15) is 14.4 Å². The van der Waals surface area contributed by atoms with Crippen molar-refractivity contribution in [2.45, 2.75) is 26.6 Å². The second-order valence-electron chi connectivity index (χ2n) is 7.00. The van der Waals surface area contributed by atoms with E-state index >= 15 is 0 Å². The Hall–Kier alpha value is -3.88. The second kappa shape index (κ2) is 7.51. The van der Waals surface area contributed by atoms with Gasteiger partial charge in [0.1, 0.15) is 13.2 Å². The van der Waals surface area contributed by atoms with Gasteiger partial charge in [-0.2, -0.15) is 4.98 Å². The lowest BCUT2D eigenvalue weighted by molar-refractivity contribution is -0.145. The van der Waals surface area contributed by atoms with Crippen molar-refractivity contribution in [1.82, 2.24) is 23.1 Å². The number of benzene rings is 1. The molecule has 0 aliphatic rings. The number of esters is 1. The van der Waals surface area contributed by atoms with Gasteiger partial charge in [0.25, 0.3) is 5.56 Å². The quantitative estimate of drug-likeness (QED) is 0.356. The number of nitrogens with zero attached hydrogens (tertiary/aromatic N) is 5. The van der Waals surface area contributed by atoms with Gasteiger partial charge in [-0.15, -0.1) is 6.58 Å². The van der Waals surface area contributed by atoms with Crippen LogP contribution in [0.25, 0.3) is 16.9 Å². The van der Waals surface area contributed by atoms with Crippen molar-refractivity contribution in [3.05, 3.63) is 81.3 Å². The number of carbonyl (C=O) groups excluding carboxylic acids is 1. The molecule has 0 amide bonds. The van der Waals surface area contributed by atoms with Crippen LogP contribution in [0.2, 0.25) is 0 Å². The zero-order valence-corrected chi connectivity index (χ0v) is 16.7. The maximum atomic E-state index is 13.1. The maximum absolute atomic E-state index is 13.1. The van der Waals surface area contributed by atoms with E-state index in [1.807, 2.05) is 41.8 Å². The van der Waals surface area contributed by atoms with Gasteiger partial charge in [-0.1, -0.05) is 36.4 Å². The van der Waals surface area contributed by atoms with E-state index in [0.29, 0.717) is 12.3 Å². The smallest absolute Gasteiger partial charge is 0.333 e. The zero-order chi connectivity index (χ0) is 21.4. The third-order valence-electron chi connectivity index (χ3n) is 4.98. The van der Waals surface area contributed by atoms with E-state index in [0.717, 1.165) is 15.8 Å². The van der Waals surface area contributed by atoms with Crippen molar-refractivity contribution in [2.75, 3.05) is 0 Å². The van der Waals surface area contributed by atoms with Crippen LogP contribution in [0.1, 0.15) is 11.3 Å². The van der Waals surface area contributed by atoms with E-state index in [1.54, 1.807) is 16.7 Å². The van der Waals surface area contributed by atoms with Crippen molar-refractivity contribution >= 4 is 22.9 Å².